The lowest BCUT2D eigenvalue weighted by Gasteiger charge is -2.18. The molecule has 1 atom stereocenters. The molecule has 1 aliphatic heterocycles. The van der Waals surface area contributed by atoms with Crippen LogP contribution in [0.4, 0.5) is 20.3 Å². The van der Waals surface area contributed by atoms with E-state index in [1.807, 2.05) is 7.05 Å². The van der Waals surface area contributed by atoms with Crippen LogP contribution >= 0.6 is 0 Å². The van der Waals surface area contributed by atoms with Crippen molar-refractivity contribution in [3.8, 4) is 11.1 Å². The molecule has 1 unspecified atom stereocenters. The molecule has 4 aromatic rings. The first-order valence-electron chi connectivity index (χ1n) is 9.83. The second kappa shape index (κ2) is 7.16. The summed E-state index contributed by atoms with van der Waals surface area (Å²) in [7, 11) is 1.81. The van der Waals surface area contributed by atoms with Gasteiger partial charge in [-0.05, 0) is 35.9 Å². The van der Waals surface area contributed by atoms with Crippen molar-refractivity contribution in [2.24, 2.45) is 7.05 Å². The van der Waals surface area contributed by atoms with E-state index in [4.69, 9.17) is 5.73 Å². The molecule has 2 N–H and O–H groups in total. The molecular formula is C23H19F2N5O. The van der Waals surface area contributed by atoms with Crippen LogP contribution in [0.5, 0.6) is 0 Å². The van der Waals surface area contributed by atoms with Crippen molar-refractivity contribution in [3.05, 3.63) is 72.2 Å². The lowest BCUT2D eigenvalue weighted by atomic mass is 9.98. The normalized spacial score (nSPS) is 16.4. The highest BCUT2D eigenvalue weighted by Crippen LogP contribution is 2.37. The summed E-state index contributed by atoms with van der Waals surface area (Å²) in [6, 6.07) is 10.9. The number of rotatable bonds is 3. The molecule has 1 saturated heterocycles. The summed E-state index contributed by atoms with van der Waals surface area (Å²) < 4.78 is 30.2. The Kier molecular flexibility index (Phi) is 4.43. The van der Waals surface area contributed by atoms with Gasteiger partial charge in [0.1, 0.15) is 29.4 Å². The molecule has 2 aromatic heterocycles. The number of fused-ring (bicyclic) bond motifs is 1. The quantitative estimate of drug-likeness (QED) is 0.544. The van der Waals surface area contributed by atoms with Crippen LogP contribution in [0, 0.1) is 11.6 Å². The number of halogens is 2. The van der Waals surface area contributed by atoms with Gasteiger partial charge in [-0.15, -0.1) is 0 Å². The van der Waals surface area contributed by atoms with Crippen LogP contribution in [-0.4, -0.2) is 27.0 Å². The van der Waals surface area contributed by atoms with Gasteiger partial charge in [-0.3, -0.25) is 4.79 Å². The third-order valence-corrected chi connectivity index (χ3v) is 5.80. The SMILES string of the molecule is Cn1cc(-c2ccc(N3CC(c4ccc(F)cc4)CC3=O)cc2F)c2c(N)ncnc21. The number of hydrogen-bond acceptors (Lipinski definition) is 4. The van der Waals surface area contributed by atoms with Crippen LogP contribution in [0.1, 0.15) is 17.9 Å². The Balaban J connectivity index is 1.48. The first kappa shape index (κ1) is 19.2. The summed E-state index contributed by atoms with van der Waals surface area (Å²) in [5.41, 5.74) is 8.96. The lowest BCUT2D eigenvalue weighted by Crippen LogP contribution is -2.24. The van der Waals surface area contributed by atoms with Crippen LogP contribution in [0.15, 0.2) is 55.0 Å². The van der Waals surface area contributed by atoms with Crippen molar-refractivity contribution in [1.29, 1.82) is 0 Å². The molecule has 0 spiro atoms. The number of aryl methyl sites for hydroxylation is 1. The first-order chi connectivity index (χ1) is 14.9. The van der Waals surface area contributed by atoms with E-state index < -0.39 is 5.82 Å². The molecule has 0 saturated carbocycles. The van der Waals surface area contributed by atoms with Crippen LogP contribution < -0.4 is 10.6 Å². The van der Waals surface area contributed by atoms with Gasteiger partial charge in [0.2, 0.25) is 5.91 Å². The predicted molar refractivity (Wildman–Crippen MR) is 114 cm³/mol. The van der Waals surface area contributed by atoms with Gasteiger partial charge in [0.25, 0.3) is 0 Å². The number of benzene rings is 2. The van der Waals surface area contributed by atoms with Crippen molar-refractivity contribution >= 4 is 28.4 Å². The van der Waals surface area contributed by atoms with Gasteiger partial charge in [0.05, 0.1) is 5.39 Å². The molecule has 156 valence electrons. The fraction of sp³-hybridized carbons (Fsp3) is 0.174. The average molecular weight is 419 g/mol. The Morgan fingerprint density at radius 1 is 1.06 bits per heavy atom. The fourth-order valence-electron chi connectivity index (χ4n) is 4.24. The molecule has 6 nitrogen and oxygen atoms in total. The maximum absolute atomic E-state index is 15.2. The summed E-state index contributed by atoms with van der Waals surface area (Å²) in [6.45, 7) is 0.415. The van der Waals surface area contributed by atoms with Gasteiger partial charge in [-0.1, -0.05) is 12.1 Å². The topological polar surface area (TPSA) is 77.0 Å². The highest BCUT2D eigenvalue weighted by atomic mass is 19.1. The van der Waals surface area contributed by atoms with Crippen LogP contribution in [0.25, 0.3) is 22.2 Å². The largest absolute Gasteiger partial charge is 0.383 e. The van der Waals surface area contributed by atoms with E-state index in [-0.39, 0.29) is 23.5 Å². The Morgan fingerprint density at radius 2 is 1.84 bits per heavy atom. The van der Waals surface area contributed by atoms with E-state index in [2.05, 4.69) is 9.97 Å². The summed E-state index contributed by atoms with van der Waals surface area (Å²) in [6.07, 6.45) is 3.43. The number of aromatic nitrogens is 3. The van der Waals surface area contributed by atoms with E-state index in [1.165, 1.54) is 24.5 Å². The van der Waals surface area contributed by atoms with E-state index in [0.29, 0.717) is 40.8 Å². The average Bonchev–Trinajstić information content (AvgIpc) is 3.30. The summed E-state index contributed by atoms with van der Waals surface area (Å²) in [5, 5.41) is 0.588. The van der Waals surface area contributed by atoms with Crippen molar-refractivity contribution in [1.82, 2.24) is 14.5 Å². The minimum absolute atomic E-state index is 0.0640. The smallest absolute Gasteiger partial charge is 0.227 e. The molecule has 31 heavy (non-hydrogen) atoms. The van der Waals surface area contributed by atoms with E-state index in [9.17, 15) is 9.18 Å². The number of nitrogen functional groups attached to an aromatic ring is 1. The number of nitrogens with two attached hydrogens (primary N) is 1. The van der Waals surface area contributed by atoms with Crippen LogP contribution in [-0.2, 0) is 11.8 Å². The van der Waals surface area contributed by atoms with Crippen molar-refractivity contribution < 1.29 is 13.6 Å². The molecule has 1 aliphatic rings. The highest BCUT2D eigenvalue weighted by Gasteiger charge is 2.32. The number of hydrogen-bond donors (Lipinski definition) is 1. The van der Waals surface area contributed by atoms with Crippen LogP contribution in [0.2, 0.25) is 0 Å². The molecule has 3 heterocycles. The Bertz CT molecular complexity index is 1320. The molecule has 0 radical (unpaired) electrons. The molecule has 0 aliphatic carbocycles. The zero-order valence-corrected chi connectivity index (χ0v) is 16.7. The number of amides is 1. The number of nitrogens with zero attached hydrogens (tertiary/aromatic N) is 4. The Morgan fingerprint density at radius 3 is 2.58 bits per heavy atom. The maximum atomic E-state index is 15.2. The Labute approximate surface area is 176 Å². The number of carbonyl (C=O) groups excluding carboxylic acids is 1. The highest BCUT2D eigenvalue weighted by molar-refractivity contribution is 6.01. The molecule has 2 aromatic carbocycles. The molecule has 1 amide bonds. The molecule has 5 rings (SSSR count). The van der Waals surface area contributed by atoms with Crippen molar-refractivity contribution in [2.45, 2.75) is 12.3 Å². The summed E-state index contributed by atoms with van der Waals surface area (Å²) >= 11 is 0. The van der Waals surface area contributed by atoms with E-state index >= 15 is 4.39 Å². The van der Waals surface area contributed by atoms with E-state index in [1.54, 1.807) is 39.9 Å². The molecule has 1 fully saturated rings. The predicted octanol–water partition coefficient (Wildman–Crippen LogP) is 4.02. The molecule has 0 bridgehead atoms. The van der Waals surface area contributed by atoms with Gasteiger partial charge in [-0.25, -0.2) is 18.7 Å². The summed E-state index contributed by atoms with van der Waals surface area (Å²) in [5.74, 6) is -0.663. The second-order valence-corrected chi connectivity index (χ2v) is 7.73. The molecule has 8 heteroatoms. The van der Waals surface area contributed by atoms with Gasteiger partial charge in [-0.2, -0.15) is 0 Å². The van der Waals surface area contributed by atoms with E-state index in [0.717, 1.165) is 5.56 Å². The van der Waals surface area contributed by atoms with Gasteiger partial charge >= 0.3 is 0 Å². The molecular weight excluding hydrogens is 400 g/mol. The standard InChI is InChI=1S/C23H19F2N5O/c1-29-11-18(21-22(26)27-12-28-23(21)29)17-7-6-16(9-19(17)25)30-10-14(8-20(30)31)13-2-4-15(24)5-3-13/h2-7,9,11-12,14H,8,10H2,1H3,(H2,26,27,28). The van der Waals surface area contributed by atoms with Crippen molar-refractivity contribution in [2.75, 3.05) is 17.2 Å². The minimum atomic E-state index is -0.466. The third-order valence-electron chi connectivity index (χ3n) is 5.80. The number of carbonyl (C=O) groups is 1. The zero-order chi connectivity index (χ0) is 21.7. The lowest BCUT2D eigenvalue weighted by molar-refractivity contribution is -0.117. The maximum Gasteiger partial charge on any atom is 0.227 e. The monoisotopic (exact) mass is 419 g/mol. The fourth-order valence-corrected chi connectivity index (χ4v) is 4.24. The van der Waals surface area contributed by atoms with Crippen molar-refractivity contribution in [3.63, 3.8) is 0 Å². The Hall–Kier alpha value is -3.81. The third kappa shape index (κ3) is 3.20. The zero-order valence-electron chi connectivity index (χ0n) is 16.7. The van der Waals surface area contributed by atoms with Crippen LogP contribution in [0.3, 0.4) is 0 Å². The number of anilines is 2. The first-order valence-corrected chi connectivity index (χ1v) is 9.83. The minimum Gasteiger partial charge on any atom is -0.383 e. The van der Waals surface area contributed by atoms with Gasteiger partial charge in [0, 0.05) is 48.9 Å². The second-order valence-electron chi connectivity index (χ2n) is 7.73. The van der Waals surface area contributed by atoms with Gasteiger partial charge < -0.3 is 15.2 Å². The summed E-state index contributed by atoms with van der Waals surface area (Å²) in [4.78, 5) is 22.4. The van der Waals surface area contributed by atoms with Gasteiger partial charge in [0.15, 0.2) is 0 Å².